The molecule has 3 rings (SSSR count). The summed E-state index contributed by atoms with van der Waals surface area (Å²) in [6.45, 7) is 0.585. The summed E-state index contributed by atoms with van der Waals surface area (Å²) in [5, 5.41) is 3.25. The van der Waals surface area contributed by atoms with E-state index >= 15 is 0 Å². The molecule has 6 heteroatoms. The molecule has 0 radical (unpaired) electrons. The summed E-state index contributed by atoms with van der Waals surface area (Å²) < 4.78 is 11.5. The molecule has 2 heterocycles. The van der Waals surface area contributed by atoms with Gasteiger partial charge in [0.15, 0.2) is 11.5 Å². The standard InChI is InChI=1S/C15H16BrN3O2/c1-20-12-4-3-9(5-13(12)21-2)15(17)8-19-14-11(15)6-10(16)7-18-14/h3-7H,8,17H2,1-2H3,(H,18,19). The molecule has 21 heavy (non-hydrogen) atoms. The Morgan fingerprint density at radius 1 is 1.24 bits per heavy atom. The fourth-order valence-electron chi connectivity index (χ4n) is 2.61. The molecule has 1 unspecified atom stereocenters. The van der Waals surface area contributed by atoms with E-state index in [9.17, 15) is 0 Å². The number of ether oxygens (including phenoxy) is 2. The normalized spacial score (nSPS) is 19.8. The Labute approximate surface area is 131 Å². The fourth-order valence-corrected chi connectivity index (χ4v) is 2.94. The van der Waals surface area contributed by atoms with Crippen LogP contribution in [0.15, 0.2) is 34.9 Å². The lowest BCUT2D eigenvalue weighted by Gasteiger charge is -2.25. The van der Waals surface area contributed by atoms with Crippen LogP contribution in [0, 0.1) is 0 Å². The molecule has 0 aliphatic carbocycles. The van der Waals surface area contributed by atoms with Gasteiger partial charge in [0.25, 0.3) is 0 Å². The number of nitrogens with one attached hydrogen (secondary N) is 1. The number of benzene rings is 1. The van der Waals surface area contributed by atoms with Crippen molar-refractivity contribution in [3.63, 3.8) is 0 Å². The van der Waals surface area contributed by atoms with Crippen molar-refractivity contribution in [3.05, 3.63) is 46.1 Å². The van der Waals surface area contributed by atoms with Crippen LogP contribution in [0.1, 0.15) is 11.1 Å². The van der Waals surface area contributed by atoms with Crippen molar-refractivity contribution in [2.24, 2.45) is 5.73 Å². The molecule has 110 valence electrons. The molecule has 0 spiro atoms. The van der Waals surface area contributed by atoms with Crippen molar-refractivity contribution in [2.45, 2.75) is 5.54 Å². The second-order valence-corrected chi connectivity index (χ2v) is 5.86. The van der Waals surface area contributed by atoms with Crippen LogP contribution in [0.3, 0.4) is 0 Å². The summed E-state index contributed by atoms with van der Waals surface area (Å²) in [5.74, 6) is 2.16. The first-order chi connectivity index (χ1) is 10.1. The van der Waals surface area contributed by atoms with Crippen LogP contribution in [-0.4, -0.2) is 25.7 Å². The summed E-state index contributed by atoms with van der Waals surface area (Å²) >= 11 is 3.45. The van der Waals surface area contributed by atoms with Gasteiger partial charge in [0, 0.05) is 22.8 Å². The maximum Gasteiger partial charge on any atom is 0.161 e. The summed E-state index contributed by atoms with van der Waals surface area (Å²) in [4.78, 5) is 4.36. The number of nitrogens with two attached hydrogens (primary N) is 1. The van der Waals surface area contributed by atoms with Gasteiger partial charge in [-0.05, 0) is 39.7 Å². The summed E-state index contributed by atoms with van der Waals surface area (Å²) in [6.07, 6.45) is 1.76. The van der Waals surface area contributed by atoms with Gasteiger partial charge in [-0.1, -0.05) is 6.07 Å². The zero-order valence-electron chi connectivity index (χ0n) is 11.8. The molecule has 3 N–H and O–H groups in total. The maximum absolute atomic E-state index is 6.66. The Kier molecular flexibility index (Phi) is 3.51. The average Bonchev–Trinajstić information content (AvgIpc) is 2.84. The number of methoxy groups -OCH3 is 2. The number of rotatable bonds is 3. The number of pyridine rings is 1. The molecular weight excluding hydrogens is 334 g/mol. The lowest BCUT2D eigenvalue weighted by Crippen LogP contribution is -2.39. The van der Waals surface area contributed by atoms with Gasteiger partial charge < -0.3 is 20.5 Å². The molecule has 0 bridgehead atoms. The Bertz CT molecular complexity index is 693. The van der Waals surface area contributed by atoms with E-state index in [0.717, 1.165) is 21.4 Å². The van der Waals surface area contributed by atoms with Crippen molar-refractivity contribution in [3.8, 4) is 11.5 Å². The van der Waals surface area contributed by atoms with Gasteiger partial charge in [0.05, 0.1) is 19.8 Å². The largest absolute Gasteiger partial charge is 0.493 e. The third-order valence-corrected chi connectivity index (χ3v) is 4.20. The summed E-state index contributed by atoms with van der Waals surface area (Å²) in [5.41, 5.74) is 7.92. The van der Waals surface area contributed by atoms with Gasteiger partial charge in [-0.2, -0.15) is 0 Å². The number of hydrogen-bond acceptors (Lipinski definition) is 5. The second kappa shape index (κ2) is 5.20. The molecule has 1 aromatic carbocycles. The molecule has 1 aliphatic rings. The monoisotopic (exact) mass is 349 g/mol. The van der Waals surface area contributed by atoms with Crippen molar-refractivity contribution >= 4 is 21.7 Å². The molecule has 0 amide bonds. The number of hydrogen-bond donors (Lipinski definition) is 2. The second-order valence-electron chi connectivity index (χ2n) is 4.94. The lowest BCUT2D eigenvalue weighted by atomic mass is 9.86. The SMILES string of the molecule is COc1ccc(C2(N)CNc3ncc(Br)cc32)cc1OC. The molecule has 1 atom stereocenters. The third kappa shape index (κ3) is 2.24. The minimum Gasteiger partial charge on any atom is -0.493 e. The van der Waals surface area contributed by atoms with E-state index in [1.165, 1.54) is 0 Å². The smallest absolute Gasteiger partial charge is 0.161 e. The minimum atomic E-state index is -0.647. The van der Waals surface area contributed by atoms with E-state index in [1.807, 2.05) is 24.3 Å². The topological polar surface area (TPSA) is 69.4 Å². The minimum absolute atomic E-state index is 0.585. The first-order valence-electron chi connectivity index (χ1n) is 6.50. The highest BCUT2D eigenvalue weighted by molar-refractivity contribution is 9.10. The van der Waals surface area contributed by atoms with E-state index in [2.05, 4.69) is 26.2 Å². The fraction of sp³-hybridized carbons (Fsp3) is 0.267. The Balaban J connectivity index is 2.11. The molecule has 1 aromatic heterocycles. The van der Waals surface area contributed by atoms with Crippen LogP contribution in [0.25, 0.3) is 0 Å². The van der Waals surface area contributed by atoms with Crippen LogP contribution in [0.5, 0.6) is 11.5 Å². The maximum atomic E-state index is 6.66. The van der Waals surface area contributed by atoms with Gasteiger partial charge in [-0.3, -0.25) is 0 Å². The van der Waals surface area contributed by atoms with E-state index in [0.29, 0.717) is 18.0 Å². The van der Waals surface area contributed by atoms with Crippen LogP contribution in [0.4, 0.5) is 5.82 Å². The highest BCUT2D eigenvalue weighted by Crippen LogP contribution is 2.40. The number of fused-ring (bicyclic) bond motifs is 1. The highest BCUT2D eigenvalue weighted by atomic mass is 79.9. The molecule has 0 fully saturated rings. The Hall–Kier alpha value is -1.79. The molecular formula is C15H16BrN3O2. The lowest BCUT2D eigenvalue weighted by molar-refractivity contribution is 0.353. The van der Waals surface area contributed by atoms with Crippen molar-refractivity contribution in [1.29, 1.82) is 0 Å². The number of nitrogens with zero attached hydrogens (tertiary/aromatic N) is 1. The van der Waals surface area contributed by atoms with E-state index < -0.39 is 5.54 Å². The van der Waals surface area contributed by atoms with Gasteiger partial charge in [-0.15, -0.1) is 0 Å². The third-order valence-electron chi connectivity index (χ3n) is 3.77. The van der Waals surface area contributed by atoms with Gasteiger partial charge >= 0.3 is 0 Å². The van der Waals surface area contributed by atoms with E-state index in [4.69, 9.17) is 15.2 Å². The Morgan fingerprint density at radius 2 is 2.00 bits per heavy atom. The van der Waals surface area contributed by atoms with Gasteiger partial charge in [-0.25, -0.2) is 4.98 Å². The number of halogens is 1. The quantitative estimate of drug-likeness (QED) is 0.890. The van der Waals surface area contributed by atoms with Crippen LogP contribution in [-0.2, 0) is 5.54 Å². The van der Waals surface area contributed by atoms with Crippen LogP contribution in [0.2, 0.25) is 0 Å². The number of aromatic nitrogens is 1. The van der Waals surface area contributed by atoms with Crippen molar-refractivity contribution in [1.82, 2.24) is 4.98 Å². The first kappa shape index (κ1) is 14.2. The van der Waals surface area contributed by atoms with E-state index in [-0.39, 0.29) is 0 Å². The van der Waals surface area contributed by atoms with Gasteiger partial charge in [0.2, 0.25) is 0 Å². The predicted molar refractivity (Wildman–Crippen MR) is 84.9 cm³/mol. The molecule has 2 aromatic rings. The average molecular weight is 350 g/mol. The molecule has 5 nitrogen and oxygen atoms in total. The van der Waals surface area contributed by atoms with Crippen LogP contribution < -0.4 is 20.5 Å². The van der Waals surface area contributed by atoms with Crippen molar-refractivity contribution in [2.75, 3.05) is 26.1 Å². The Morgan fingerprint density at radius 3 is 2.71 bits per heavy atom. The van der Waals surface area contributed by atoms with Gasteiger partial charge in [0.1, 0.15) is 5.82 Å². The summed E-state index contributed by atoms with van der Waals surface area (Å²) in [6, 6.07) is 7.74. The molecule has 0 saturated heterocycles. The highest BCUT2D eigenvalue weighted by Gasteiger charge is 2.38. The van der Waals surface area contributed by atoms with Crippen LogP contribution >= 0.6 is 15.9 Å². The van der Waals surface area contributed by atoms with E-state index in [1.54, 1.807) is 20.4 Å². The predicted octanol–water partition coefficient (Wildman–Crippen LogP) is 2.49. The molecule has 0 saturated carbocycles. The zero-order chi connectivity index (χ0) is 15.0. The first-order valence-corrected chi connectivity index (χ1v) is 7.29. The number of anilines is 1. The zero-order valence-corrected chi connectivity index (χ0v) is 13.4. The summed E-state index contributed by atoms with van der Waals surface area (Å²) in [7, 11) is 3.23. The van der Waals surface area contributed by atoms with Crippen molar-refractivity contribution < 1.29 is 9.47 Å². The molecule has 1 aliphatic heterocycles.